The molecule has 17 nitrogen and oxygen atoms in total. The van der Waals surface area contributed by atoms with Gasteiger partial charge in [0.1, 0.15) is 19.3 Å². The van der Waals surface area contributed by atoms with Crippen molar-refractivity contribution in [2.45, 2.75) is 457 Å². The first-order chi connectivity index (χ1) is 49.0. The van der Waals surface area contributed by atoms with Crippen LogP contribution in [0.25, 0.3) is 0 Å². The number of phosphoric acid groups is 2. The second kappa shape index (κ2) is 74.9. The Bertz CT molecular complexity index is 1930. The summed E-state index contributed by atoms with van der Waals surface area (Å²) in [5.74, 6) is -1.29. The van der Waals surface area contributed by atoms with Gasteiger partial charge < -0.3 is 33.8 Å². The first kappa shape index (κ1) is 99.1. The third kappa shape index (κ3) is 76.1. The minimum atomic E-state index is -4.96. The zero-order valence-electron chi connectivity index (χ0n) is 66.1. The average Bonchev–Trinajstić information content (AvgIpc) is 0.943. The van der Waals surface area contributed by atoms with Crippen LogP contribution in [-0.2, 0) is 65.4 Å². The van der Waals surface area contributed by atoms with E-state index in [4.69, 9.17) is 37.0 Å². The lowest BCUT2D eigenvalue weighted by molar-refractivity contribution is -0.161. The first-order valence-electron chi connectivity index (χ1n) is 42.6. The summed E-state index contributed by atoms with van der Waals surface area (Å²) in [6.07, 6.45) is 66.7. The first-order valence-corrected chi connectivity index (χ1v) is 45.6. The lowest BCUT2D eigenvalue weighted by Crippen LogP contribution is -2.30. The molecule has 0 heterocycles. The van der Waals surface area contributed by atoms with E-state index in [1.165, 1.54) is 257 Å². The van der Waals surface area contributed by atoms with Gasteiger partial charge in [-0.15, -0.1) is 0 Å². The Morgan fingerprint density at radius 3 is 0.673 bits per heavy atom. The van der Waals surface area contributed by atoms with Crippen molar-refractivity contribution in [1.29, 1.82) is 0 Å². The van der Waals surface area contributed by atoms with Crippen LogP contribution in [0.1, 0.15) is 439 Å². The highest BCUT2D eigenvalue weighted by Crippen LogP contribution is 2.45. The monoisotopic (exact) mass is 1480 g/mol. The van der Waals surface area contributed by atoms with Crippen LogP contribution in [-0.4, -0.2) is 96.7 Å². The second-order valence-corrected chi connectivity index (χ2v) is 32.9. The molecule has 2 unspecified atom stereocenters. The number of rotatable bonds is 82. The number of unbranched alkanes of at least 4 members (excludes halogenated alkanes) is 54. The van der Waals surface area contributed by atoms with Gasteiger partial charge >= 0.3 is 39.5 Å². The van der Waals surface area contributed by atoms with E-state index in [2.05, 4.69) is 34.6 Å². The van der Waals surface area contributed by atoms with Crippen LogP contribution in [0.15, 0.2) is 0 Å². The Labute approximate surface area is 619 Å². The van der Waals surface area contributed by atoms with Crippen LogP contribution in [0.4, 0.5) is 0 Å². The minimum absolute atomic E-state index is 0.108. The molecule has 0 aromatic carbocycles. The summed E-state index contributed by atoms with van der Waals surface area (Å²) in [5.41, 5.74) is 0. The summed E-state index contributed by atoms with van der Waals surface area (Å²) >= 11 is 0. The van der Waals surface area contributed by atoms with Crippen LogP contribution in [0.5, 0.6) is 0 Å². The van der Waals surface area contributed by atoms with Gasteiger partial charge in [-0.25, -0.2) is 9.13 Å². The molecule has 0 rings (SSSR count). The highest BCUT2D eigenvalue weighted by Gasteiger charge is 2.30. The van der Waals surface area contributed by atoms with Crippen molar-refractivity contribution < 1.29 is 80.2 Å². The molecule has 0 saturated heterocycles. The molecule has 19 heteroatoms. The standard InChI is InChI=1S/C82H160O17P2/c1-6-9-12-15-18-21-23-25-27-28-32-35-39-42-46-51-56-61-66-80(85)93-72-78(99-82(87)68-63-58-53-48-44-40-36-33-30-29-31-34-37-41-45-49-54-59-64-75(4)5)74-97-101(90,91)95-70-76(83)69-94-100(88,89)96-73-77(71-92-79(84)65-60-55-50-20-17-14-11-8-3)98-81(86)67-62-57-52-47-43-38-26-24-22-19-16-13-10-7-2/h75-78,83H,6-74H2,1-5H3,(H,88,89)(H,90,91)/t76-,77+,78+/m0/s1. The van der Waals surface area contributed by atoms with Gasteiger partial charge in [0.2, 0.25) is 0 Å². The number of aliphatic hydroxyl groups excluding tert-OH is 1. The Balaban J connectivity index is 5.19. The van der Waals surface area contributed by atoms with Crippen molar-refractivity contribution in [1.82, 2.24) is 0 Å². The zero-order valence-corrected chi connectivity index (χ0v) is 67.8. The molecular weight excluding hydrogens is 1320 g/mol. The summed E-state index contributed by atoms with van der Waals surface area (Å²) in [6, 6.07) is 0. The van der Waals surface area contributed by atoms with Crippen LogP contribution < -0.4 is 0 Å². The van der Waals surface area contributed by atoms with Crippen molar-refractivity contribution in [2.75, 3.05) is 39.6 Å². The Morgan fingerprint density at radius 2 is 0.455 bits per heavy atom. The van der Waals surface area contributed by atoms with Gasteiger partial charge in [-0.3, -0.25) is 37.3 Å². The van der Waals surface area contributed by atoms with Crippen molar-refractivity contribution in [2.24, 2.45) is 5.92 Å². The van der Waals surface area contributed by atoms with E-state index < -0.39 is 97.5 Å². The van der Waals surface area contributed by atoms with Crippen molar-refractivity contribution in [3.8, 4) is 0 Å². The third-order valence-electron chi connectivity index (χ3n) is 19.3. The molecule has 0 spiro atoms. The fourth-order valence-corrected chi connectivity index (χ4v) is 14.3. The van der Waals surface area contributed by atoms with Crippen LogP contribution in [0.2, 0.25) is 0 Å². The SMILES string of the molecule is CCCCCCCCCCCCCCCCCCCCC(=O)OC[C@H](COP(=O)(O)OC[C@@H](O)COP(=O)(O)OC[C@@H](COC(=O)CCCCCCCCCC)OC(=O)CCCCCCCCCCCCCCCC)OC(=O)CCCCCCCCCCCCCCCCCCCCC(C)C. The van der Waals surface area contributed by atoms with Gasteiger partial charge in [0.15, 0.2) is 12.2 Å². The van der Waals surface area contributed by atoms with Crippen molar-refractivity contribution in [3.63, 3.8) is 0 Å². The average molecular weight is 1480 g/mol. The molecule has 0 aromatic heterocycles. The van der Waals surface area contributed by atoms with E-state index in [1.54, 1.807) is 0 Å². The number of hydrogen-bond acceptors (Lipinski definition) is 15. The predicted octanol–water partition coefficient (Wildman–Crippen LogP) is 24.8. The molecule has 0 saturated carbocycles. The molecule has 0 amide bonds. The molecule has 0 radical (unpaired) electrons. The topological polar surface area (TPSA) is 237 Å². The van der Waals surface area contributed by atoms with E-state index in [0.717, 1.165) is 102 Å². The molecular formula is C82H160O17P2. The Morgan fingerprint density at radius 1 is 0.267 bits per heavy atom. The minimum Gasteiger partial charge on any atom is -0.462 e. The summed E-state index contributed by atoms with van der Waals surface area (Å²) in [7, 11) is -9.92. The molecule has 101 heavy (non-hydrogen) atoms. The van der Waals surface area contributed by atoms with Gasteiger partial charge in [0.05, 0.1) is 26.4 Å². The molecule has 0 bridgehead atoms. The maximum absolute atomic E-state index is 13.1. The molecule has 0 aromatic rings. The summed E-state index contributed by atoms with van der Waals surface area (Å²) in [4.78, 5) is 73.0. The quantitative estimate of drug-likeness (QED) is 0.0222. The number of phosphoric ester groups is 2. The highest BCUT2D eigenvalue weighted by atomic mass is 31.2. The molecule has 0 aliphatic carbocycles. The van der Waals surface area contributed by atoms with E-state index >= 15 is 0 Å². The van der Waals surface area contributed by atoms with Gasteiger partial charge in [-0.1, -0.05) is 388 Å². The second-order valence-electron chi connectivity index (χ2n) is 30.0. The van der Waals surface area contributed by atoms with E-state index in [9.17, 15) is 43.2 Å². The fourth-order valence-electron chi connectivity index (χ4n) is 12.8. The van der Waals surface area contributed by atoms with Crippen LogP contribution >= 0.6 is 15.6 Å². The number of carbonyl (C=O) groups excluding carboxylic acids is 4. The number of esters is 4. The van der Waals surface area contributed by atoms with Gasteiger partial charge in [-0.2, -0.15) is 0 Å². The van der Waals surface area contributed by atoms with Gasteiger partial charge in [-0.05, 0) is 31.6 Å². The predicted molar refractivity (Wildman–Crippen MR) is 414 cm³/mol. The van der Waals surface area contributed by atoms with Crippen molar-refractivity contribution in [3.05, 3.63) is 0 Å². The van der Waals surface area contributed by atoms with E-state index in [-0.39, 0.29) is 25.7 Å². The number of carbonyl (C=O) groups is 4. The molecule has 5 atom stereocenters. The molecule has 0 aliphatic heterocycles. The normalized spacial score (nSPS) is 13.8. The lowest BCUT2D eigenvalue weighted by Gasteiger charge is -2.21. The van der Waals surface area contributed by atoms with Gasteiger partial charge in [0, 0.05) is 25.7 Å². The Kier molecular flexibility index (Phi) is 73.5. The third-order valence-corrected chi connectivity index (χ3v) is 21.2. The highest BCUT2D eigenvalue weighted by molar-refractivity contribution is 7.47. The van der Waals surface area contributed by atoms with E-state index in [0.29, 0.717) is 25.7 Å². The lowest BCUT2D eigenvalue weighted by atomic mass is 10.0. The molecule has 600 valence electrons. The maximum Gasteiger partial charge on any atom is 0.472 e. The number of aliphatic hydroxyl groups is 1. The largest absolute Gasteiger partial charge is 0.472 e. The summed E-state index contributed by atoms with van der Waals surface area (Å²) in [6.45, 7) is 7.35. The molecule has 3 N–H and O–H groups in total. The van der Waals surface area contributed by atoms with Crippen molar-refractivity contribution >= 4 is 39.5 Å². The zero-order chi connectivity index (χ0) is 74.1. The fraction of sp³-hybridized carbons (Fsp3) is 0.951. The maximum atomic E-state index is 13.1. The molecule has 0 fully saturated rings. The van der Waals surface area contributed by atoms with Crippen LogP contribution in [0, 0.1) is 5.92 Å². The smallest absolute Gasteiger partial charge is 0.462 e. The molecule has 0 aliphatic rings. The van der Waals surface area contributed by atoms with Crippen LogP contribution in [0.3, 0.4) is 0 Å². The van der Waals surface area contributed by atoms with E-state index in [1.807, 2.05) is 0 Å². The number of hydrogen-bond donors (Lipinski definition) is 3. The number of ether oxygens (including phenoxy) is 4. The summed E-state index contributed by atoms with van der Waals surface area (Å²) in [5, 5.41) is 10.6. The van der Waals surface area contributed by atoms with Gasteiger partial charge in [0.25, 0.3) is 0 Å². The Hall–Kier alpha value is -1.94. The summed E-state index contributed by atoms with van der Waals surface area (Å²) < 4.78 is 68.7.